The van der Waals surface area contributed by atoms with Gasteiger partial charge in [0.15, 0.2) is 5.96 Å². The van der Waals surface area contributed by atoms with E-state index in [0.29, 0.717) is 0 Å². The molecular formula is C16H25BrIN3O. The SMILES string of the molecule is C=CCCCN(C)C(=NC)NCc1ccc(OC)c(Br)c1.I. The predicted octanol–water partition coefficient (Wildman–Crippen LogP) is 4.05. The summed E-state index contributed by atoms with van der Waals surface area (Å²) < 4.78 is 6.19. The number of unbranched alkanes of at least 4 members (excludes halogenated alkanes) is 1. The van der Waals surface area contributed by atoms with Gasteiger partial charge in [0.2, 0.25) is 0 Å². The van der Waals surface area contributed by atoms with Gasteiger partial charge in [-0.05, 0) is 46.5 Å². The van der Waals surface area contributed by atoms with Crippen molar-refractivity contribution < 1.29 is 4.74 Å². The summed E-state index contributed by atoms with van der Waals surface area (Å²) >= 11 is 3.50. The lowest BCUT2D eigenvalue weighted by Gasteiger charge is -2.22. The van der Waals surface area contributed by atoms with Gasteiger partial charge in [0.1, 0.15) is 5.75 Å². The maximum absolute atomic E-state index is 5.23. The maximum Gasteiger partial charge on any atom is 0.193 e. The molecule has 1 aromatic rings. The number of aliphatic imine (C=N–C) groups is 1. The lowest BCUT2D eigenvalue weighted by molar-refractivity contribution is 0.412. The van der Waals surface area contributed by atoms with Gasteiger partial charge < -0.3 is 15.0 Å². The quantitative estimate of drug-likeness (QED) is 0.210. The fourth-order valence-electron chi connectivity index (χ4n) is 1.96. The van der Waals surface area contributed by atoms with E-state index in [-0.39, 0.29) is 24.0 Å². The molecule has 1 rings (SSSR count). The molecule has 0 saturated heterocycles. The molecule has 0 fully saturated rings. The Bertz CT molecular complexity index is 494. The lowest BCUT2D eigenvalue weighted by Crippen LogP contribution is -2.38. The second-order valence-corrected chi connectivity index (χ2v) is 5.58. The molecule has 22 heavy (non-hydrogen) atoms. The molecule has 1 N–H and O–H groups in total. The molecule has 4 nitrogen and oxygen atoms in total. The predicted molar refractivity (Wildman–Crippen MR) is 108 cm³/mol. The van der Waals surface area contributed by atoms with Crippen LogP contribution < -0.4 is 10.1 Å². The Morgan fingerprint density at radius 3 is 2.77 bits per heavy atom. The van der Waals surface area contributed by atoms with E-state index in [1.165, 1.54) is 5.56 Å². The molecule has 1 aromatic carbocycles. The van der Waals surface area contributed by atoms with Crippen molar-refractivity contribution in [1.82, 2.24) is 10.2 Å². The number of hydrogen-bond acceptors (Lipinski definition) is 2. The molecule has 0 radical (unpaired) electrons. The van der Waals surface area contributed by atoms with Crippen molar-refractivity contribution in [2.45, 2.75) is 19.4 Å². The summed E-state index contributed by atoms with van der Waals surface area (Å²) in [7, 11) is 5.51. The van der Waals surface area contributed by atoms with Crippen LogP contribution in [0.2, 0.25) is 0 Å². The van der Waals surface area contributed by atoms with E-state index in [4.69, 9.17) is 4.74 Å². The molecular weight excluding hydrogens is 457 g/mol. The van der Waals surface area contributed by atoms with E-state index < -0.39 is 0 Å². The summed E-state index contributed by atoms with van der Waals surface area (Å²) in [6.45, 7) is 5.42. The van der Waals surface area contributed by atoms with Gasteiger partial charge in [-0.1, -0.05) is 12.1 Å². The highest BCUT2D eigenvalue weighted by molar-refractivity contribution is 14.0. The molecule has 0 aromatic heterocycles. The van der Waals surface area contributed by atoms with Crippen molar-refractivity contribution >= 4 is 45.9 Å². The fraction of sp³-hybridized carbons (Fsp3) is 0.438. The zero-order valence-corrected chi connectivity index (χ0v) is 17.4. The summed E-state index contributed by atoms with van der Waals surface area (Å²) in [4.78, 5) is 6.43. The molecule has 0 aliphatic rings. The molecule has 0 aliphatic carbocycles. The Morgan fingerprint density at radius 2 is 2.23 bits per heavy atom. The minimum atomic E-state index is 0. The summed E-state index contributed by atoms with van der Waals surface area (Å²) in [6, 6.07) is 6.05. The van der Waals surface area contributed by atoms with E-state index in [1.54, 1.807) is 14.2 Å². The van der Waals surface area contributed by atoms with Gasteiger partial charge in [-0.3, -0.25) is 4.99 Å². The Balaban J connectivity index is 0.00000441. The van der Waals surface area contributed by atoms with Crippen LogP contribution in [-0.2, 0) is 6.54 Å². The van der Waals surface area contributed by atoms with Crippen LogP contribution in [0.4, 0.5) is 0 Å². The maximum atomic E-state index is 5.23. The van der Waals surface area contributed by atoms with E-state index in [1.807, 2.05) is 25.3 Å². The molecule has 0 aliphatic heterocycles. The number of guanidine groups is 1. The van der Waals surface area contributed by atoms with Gasteiger partial charge in [-0.2, -0.15) is 0 Å². The van der Waals surface area contributed by atoms with Crippen LogP contribution in [0, 0.1) is 0 Å². The van der Waals surface area contributed by atoms with Gasteiger partial charge in [0.05, 0.1) is 11.6 Å². The number of allylic oxidation sites excluding steroid dienone is 1. The van der Waals surface area contributed by atoms with E-state index >= 15 is 0 Å². The highest BCUT2D eigenvalue weighted by Gasteiger charge is 2.06. The average Bonchev–Trinajstić information content (AvgIpc) is 2.48. The smallest absolute Gasteiger partial charge is 0.193 e. The van der Waals surface area contributed by atoms with Crippen LogP contribution in [-0.4, -0.2) is 38.6 Å². The molecule has 0 bridgehead atoms. The third-order valence-corrected chi connectivity index (χ3v) is 3.76. The molecule has 0 unspecified atom stereocenters. The Hall–Kier alpha value is -0.760. The average molecular weight is 482 g/mol. The number of halogens is 2. The molecule has 0 amide bonds. The van der Waals surface area contributed by atoms with E-state index in [0.717, 1.165) is 42.1 Å². The highest BCUT2D eigenvalue weighted by atomic mass is 127. The minimum absolute atomic E-state index is 0. The molecule has 0 atom stereocenters. The van der Waals surface area contributed by atoms with Gasteiger partial charge in [-0.25, -0.2) is 0 Å². The summed E-state index contributed by atoms with van der Waals surface area (Å²) in [5.41, 5.74) is 1.17. The van der Waals surface area contributed by atoms with Gasteiger partial charge in [0.25, 0.3) is 0 Å². The second kappa shape index (κ2) is 11.8. The summed E-state index contributed by atoms with van der Waals surface area (Å²) in [5.74, 6) is 1.73. The fourth-order valence-corrected chi connectivity index (χ4v) is 2.55. The van der Waals surface area contributed by atoms with Gasteiger partial charge in [0, 0.05) is 27.2 Å². The molecule has 6 heteroatoms. The molecule has 0 saturated carbocycles. The molecule has 0 heterocycles. The van der Waals surface area contributed by atoms with Crippen molar-refractivity contribution in [3.05, 3.63) is 40.9 Å². The molecule has 124 valence electrons. The van der Waals surface area contributed by atoms with Crippen LogP contribution in [0.1, 0.15) is 18.4 Å². The van der Waals surface area contributed by atoms with Crippen molar-refractivity contribution in [2.75, 3.05) is 27.7 Å². The Labute approximate surface area is 159 Å². The number of nitrogens with one attached hydrogen (secondary N) is 1. The Morgan fingerprint density at radius 1 is 1.50 bits per heavy atom. The van der Waals surface area contributed by atoms with Crippen molar-refractivity contribution in [2.24, 2.45) is 4.99 Å². The number of ether oxygens (including phenoxy) is 1. The topological polar surface area (TPSA) is 36.9 Å². The van der Waals surface area contributed by atoms with E-state index in [9.17, 15) is 0 Å². The van der Waals surface area contributed by atoms with Crippen LogP contribution in [0.3, 0.4) is 0 Å². The van der Waals surface area contributed by atoms with Crippen molar-refractivity contribution in [3.8, 4) is 5.75 Å². The number of hydrogen-bond donors (Lipinski definition) is 1. The van der Waals surface area contributed by atoms with Gasteiger partial charge in [-0.15, -0.1) is 30.6 Å². The van der Waals surface area contributed by atoms with Crippen LogP contribution in [0.5, 0.6) is 5.75 Å². The summed E-state index contributed by atoms with van der Waals surface area (Å²) in [5, 5.41) is 3.37. The standard InChI is InChI=1S/C16H24BrN3O.HI/c1-5-6-7-10-20(3)16(18-2)19-12-13-8-9-15(21-4)14(17)11-13;/h5,8-9,11H,1,6-7,10,12H2,2-4H3,(H,18,19);1H. The third-order valence-electron chi connectivity index (χ3n) is 3.14. The first-order valence-corrected chi connectivity index (χ1v) is 7.76. The number of nitrogens with zero attached hydrogens (tertiary/aromatic N) is 2. The van der Waals surface area contributed by atoms with Crippen LogP contribution in [0.15, 0.2) is 40.3 Å². The van der Waals surface area contributed by atoms with E-state index in [2.05, 4.69) is 43.8 Å². The summed E-state index contributed by atoms with van der Waals surface area (Å²) in [6.07, 6.45) is 4.04. The lowest BCUT2D eigenvalue weighted by atomic mass is 10.2. The Kier molecular flexibility index (Phi) is 11.4. The molecule has 0 spiro atoms. The largest absolute Gasteiger partial charge is 0.496 e. The van der Waals surface area contributed by atoms with Gasteiger partial charge >= 0.3 is 0 Å². The van der Waals surface area contributed by atoms with Crippen LogP contribution in [0.25, 0.3) is 0 Å². The minimum Gasteiger partial charge on any atom is -0.496 e. The number of methoxy groups -OCH3 is 1. The van der Waals surface area contributed by atoms with Crippen LogP contribution >= 0.6 is 39.9 Å². The highest BCUT2D eigenvalue weighted by Crippen LogP contribution is 2.25. The third kappa shape index (κ3) is 7.00. The number of rotatable bonds is 7. The van der Waals surface area contributed by atoms with Crippen molar-refractivity contribution in [3.63, 3.8) is 0 Å². The monoisotopic (exact) mass is 481 g/mol. The first-order valence-electron chi connectivity index (χ1n) is 6.97. The zero-order chi connectivity index (χ0) is 15.7. The normalized spacial score (nSPS) is 10.6. The first kappa shape index (κ1) is 21.2. The number of benzene rings is 1. The first-order chi connectivity index (χ1) is 10.1. The van der Waals surface area contributed by atoms with Crippen molar-refractivity contribution in [1.29, 1.82) is 0 Å². The zero-order valence-electron chi connectivity index (χ0n) is 13.4. The second-order valence-electron chi connectivity index (χ2n) is 4.72.